The second kappa shape index (κ2) is 12.1. The summed E-state index contributed by atoms with van der Waals surface area (Å²) in [4.78, 5) is 10.5. The van der Waals surface area contributed by atoms with E-state index >= 15 is 0 Å². The van der Waals surface area contributed by atoms with Crippen LogP contribution < -0.4 is 0 Å². The molecule has 2 atom stereocenters. The SMILES string of the molecule is CC.CC(c1ccccc1)C(O)C(=O)O.CCC. The van der Waals surface area contributed by atoms with Crippen LogP contribution in [0.5, 0.6) is 0 Å². The second-order valence-corrected chi connectivity index (χ2v) is 3.69. The van der Waals surface area contributed by atoms with Gasteiger partial charge in [0.15, 0.2) is 6.10 Å². The highest BCUT2D eigenvalue weighted by atomic mass is 16.4. The number of carboxylic acids is 1. The lowest BCUT2D eigenvalue weighted by atomic mass is 9.96. The molecule has 0 heterocycles. The average Bonchev–Trinajstić information content (AvgIpc) is 2.41. The zero-order valence-corrected chi connectivity index (χ0v) is 12.1. The van der Waals surface area contributed by atoms with E-state index in [4.69, 9.17) is 5.11 Å². The number of carboxylic acid groups (broad SMARTS) is 1. The normalized spacial score (nSPS) is 12.1. The number of carbonyl (C=O) groups is 1. The number of hydrogen-bond acceptors (Lipinski definition) is 2. The molecule has 0 spiro atoms. The number of aliphatic hydroxyl groups is 1. The summed E-state index contributed by atoms with van der Waals surface area (Å²) in [5.74, 6) is -1.56. The summed E-state index contributed by atoms with van der Waals surface area (Å²) in [6, 6.07) is 9.10. The maximum Gasteiger partial charge on any atom is 0.333 e. The van der Waals surface area contributed by atoms with Crippen LogP contribution in [0.3, 0.4) is 0 Å². The Morgan fingerprint density at radius 1 is 1.17 bits per heavy atom. The van der Waals surface area contributed by atoms with Crippen molar-refractivity contribution in [2.75, 3.05) is 0 Å². The van der Waals surface area contributed by atoms with Crippen LogP contribution in [-0.4, -0.2) is 22.3 Å². The number of rotatable bonds is 3. The fraction of sp³-hybridized carbons (Fsp3) is 0.533. The number of aliphatic carboxylic acids is 1. The maximum atomic E-state index is 10.5. The molecule has 1 aromatic carbocycles. The summed E-state index contributed by atoms with van der Waals surface area (Å²) >= 11 is 0. The van der Waals surface area contributed by atoms with Crippen molar-refractivity contribution in [3.8, 4) is 0 Å². The third kappa shape index (κ3) is 7.85. The minimum Gasteiger partial charge on any atom is -0.479 e. The molecule has 0 aliphatic heterocycles. The molecule has 2 N–H and O–H groups in total. The Morgan fingerprint density at radius 3 is 1.89 bits per heavy atom. The van der Waals surface area contributed by atoms with Crippen molar-refractivity contribution in [3.05, 3.63) is 35.9 Å². The second-order valence-electron chi connectivity index (χ2n) is 3.69. The lowest BCUT2D eigenvalue weighted by molar-refractivity contribution is -0.147. The summed E-state index contributed by atoms with van der Waals surface area (Å²) in [5.41, 5.74) is 0.831. The van der Waals surface area contributed by atoms with Gasteiger partial charge >= 0.3 is 5.97 Å². The smallest absolute Gasteiger partial charge is 0.333 e. The third-order valence-electron chi connectivity index (χ3n) is 2.05. The van der Waals surface area contributed by atoms with Crippen molar-refractivity contribution in [3.63, 3.8) is 0 Å². The van der Waals surface area contributed by atoms with Crippen molar-refractivity contribution in [2.24, 2.45) is 0 Å². The minimum absolute atomic E-state index is 0.376. The van der Waals surface area contributed by atoms with Crippen LogP contribution >= 0.6 is 0 Å². The standard InChI is InChI=1S/C10H12O3.C3H8.C2H6/c1-7(9(11)10(12)13)8-5-3-2-4-6-8;1-3-2;1-2/h2-7,9,11H,1H3,(H,12,13);3H2,1-2H3;1-2H3. The summed E-state index contributed by atoms with van der Waals surface area (Å²) in [6.45, 7) is 9.94. The Balaban J connectivity index is 0. The van der Waals surface area contributed by atoms with Gasteiger partial charge in [-0.25, -0.2) is 4.79 Å². The summed E-state index contributed by atoms with van der Waals surface area (Å²) in [5, 5.41) is 17.8. The van der Waals surface area contributed by atoms with Gasteiger partial charge in [0.25, 0.3) is 0 Å². The predicted octanol–water partition coefficient (Wildman–Crippen LogP) is 3.68. The molecule has 0 amide bonds. The van der Waals surface area contributed by atoms with Crippen molar-refractivity contribution in [1.82, 2.24) is 0 Å². The Hall–Kier alpha value is -1.35. The fourth-order valence-corrected chi connectivity index (χ4v) is 1.15. The van der Waals surface area contributed by atoms with Crippen molar-refractivity contribution < 1.29 is 15.0 Å². The van der Waals surface area contributed by atoms with Crippen molar-refractivity contribution in [1.29, 1.82) is 0 Å². The van der Waals surface area contributed by atoms with Crippen molar-refractivity contribution in [2.45, 2.75) is 53.1 Å². The Morgan fingerprint density at radius 2 is 1.56 bits per heavy atom. The molecule has 3 heteroatoms. The molecule has 0 aliphatic carbocycles. The molecule has 2 unspecified atom stereocenters. The largest absolute Gasteiger partial charge is 0.479 e. The molecule has 3 nitrogen and oxygen atoms in total. The van der Waals surface area contributed by atoms with E-state index in [1.807, 2.05) is 32.0 Å². The summed E-state index contributed by atoms with van der Waals surface area (Å²) in [6.07, 6.45) is -0.0811. The molecule has 104 valence electrons. The molecule has 0 saturated carbocycles. The van der Waals surface area contributed by atoms with E-state index in [1.165, 1.54) is 6.42 Å². The van der Waals surface area contributed by atoms with Crippen LogP contribution in [0.4, 0.5) is 0 Å². The summed E-state index contributed by atoms with van der Waals surface area (Å²) in [7, 11) is 0. The van der Waals surface area contributed by atoms with E-state index in [2.05, 4.69) is 13.8 Å². The van der Waals surface area contributed by atoms with Crippen LogP contribution in [0.2, 0.25) is 0 Å². The number of hydrogen-bond donors (Lipinski definition) is 2. The molecule has 18 heavy (non-hydrogen) atoms. The fourth-order valence-electron chi connectivity index (χ4n) is 1.15. The molecular weight excluding hydrogens is 228 g/mol. The topological polar surface area (TPSA) is 57.5 Å². The first-order chi connectivity index (χ1) is 8.54. The predicted molar refractivity (Wildman–Crippen MR) is 75.8 cm³/mol. The van der Waals surface area contributed by atoms with Gasteiger partial charge in [0, 0.05) is 5.92 Å². The highest BCUT2D eigenvalue weighted by Crippen LogP contribution is 2.18. The van der Waals surface area contributed by atoms with Crippen LogP contribution in [0, 0.1) is 0 Å². The molecule has 1 rings (SSSR count). The van der Waals surface area contributed by atoms with Gasteiger partial charge in [-0.15, -0.1) is 0 Å². The van der Waals surface area contributed by atoms with Crippen LogP contribution in [-0.2, 0) is 4.79 Å². The minimum atomic E-state index is -1.33. The van der Waals surface area contributed by atoms with E-state index in [-0.39, 0.29) is 5.92 Å². The lowest BCUT2D eigenvalue weighted by Gasteiger charge is -2.14. The van der Waals surface area contributed by atoms with Gasteiger partial charge in [-0.05, 0) is 5.56 Å². The zero-order chi connectivity index (χ0) is 14.6. The van der Waals surface area contributed by atoms with Gasteiger partial charge in [-0.3, -0.25) is 0 Å². The van der Waals surface area contributed by atoms with Crippen LogP contribution in [0.25, 0.3) is 0 Å². The van der Waals surface area contributed by atoms with Gasteiger partial charge in [-0.1, -0.05) is 71.4 Å². The lowest BCUT2D eigenvalue weighted by Crippen LogP contribution is -2.25. The highest BCUT2D eigenvalue weighted by Gasteiger charge is 2.22. The van der Waals surface area contributed by atoms with E-state index in [0.29, 0.717) is 0 Å². The van der Waals surface area contributed by atoms with Gasteiger partial charge in [-0.2, -0.15) is 0 Å². The Labute approximate surface area is 110 Å². The quantitative estimate of drug-likeness (QED) is 0.865. The monoisotopic (exact) mass is 254 g/mol. The van der Waals surface area contributed by atoms with Gasteiger partial charge in [0.05, 0.1) is 0 Å². The van der Waals surface area contributed by atoms with E-state index in [9.17, 15) is 9.90 Å². The van der Waals surface area contributed by atoms with Crippen molar-refractivity contribution >= 4 is 5.97 Å². The molecular formula is C15H26O3. The molecule has 0 bridgehead atoms. The zero-order valence-electron chi connectivity index (χ0n) is 12.1. The Bertz CT molecular complexity index is 296. The number of benzene rings is 1. The molecule has 0 aromatic heterocycles. The van der Waals surface area contributed by atoms with Gasteiger partial charge in [0.1, 0.15) is 0 Å². The molecule has 0 radical (unpaired) electrons. The highest BCUT2D eigenvalue weighted by molar-refractivity contribution is 5.73. The molecule has 0 aliphatic rings. The first kappa shape index (κ1) is 19.0. The van der Waals surface area contributed by atoms with E-state index in [1.54, 1.807) is 19.1 Å². The molecule has 1 aromatic rings. The summed E-state index contributed by atoms with van der Waals surface area (Å²) < 4.78 is 0. The first-order valence-electron chi connectivity index (χ1n) is 6.50. The van der Waals surface area contributed by atoms with Gasteiger partial charge < -0.3 is 10.2 Å². The van der Waals surface area contributed by atoms with Crippen LogP contribution in [0.1, 0.15) is 52.5 Å². The average molecular weight is 254 g/mol. The molecule has 0 saturated heterocycles. The third-order valence-corrected chi connectivity index (χ3v) is 2.05. The van der Waals surface area contributed by atoms with Crippen LogP contribution in [0.15, 0.2) is 30.3 Å². The van der Waals surface area contributed by atoms with Gasteiger partial charge in [0.2, 0.25) is 0 Å². The Kier molecular flexibility index (Phi) is 12.8. The van der Waals surface area contributed by atoms with E-state index in [0.717, 1.165) is 5.56 Å². The maximum absolute atomic E-state index is 10.5. The van der Waals surface area contributed by atoms with E-state index < -0.39 is 12.1 Å². The first-order valence-corrected chi connectivity index (χ1v) is 6.50. The molecule has 0 fully saturated rings. The number of aliphatic hydroxyl groups excluding tert-OH is 1.